The number of aromatic nitrogens is 2. The number of carbonyl (C=O) groups excluding carboxylic acids is 2. The number of nitrogens with zero attached hydrogens (tertiary/aromatic N) is 2. The van der Waals surface area contributed by atoms with Gasteiger partial charge in [-0.25, -0.2) is 0 Å². The second-order valence-corrected chi connectivity index (χ2v) is 7.92. The Bertz CT molecular complexity index is 807. The number of carbonyl (C=O) groups is 2. The van der Waals surface area contributed by atoms with Crippen LogP contribution in [0.1, 0.15) is 45.6 Å². The molecule has 0 saturated heterocycles. The van der Waals surface area contributed by atoms with Crippen LogP contribution in [0, 0.1) is 11.3 Å². The number of amides is 2. The van der Waals surface area contributed by atoms with Crippen LogP contribution >= 0.6 is 0 Å². The Labute approximate surface area is 160 Å². The first kappa shape index (κ1) is 19.4. The predicted octanol–water partition coefficient (Wildman–Crippen LogP) is 2.90. The molecular weight excluding hydrogens is 340 g/mol. The lowest BCUT2D eigenvalue weighted by molar-refractivity contribution is -0.132. The van der Waals surface area contributed by atoms with Gasteiger partial charge >= 0.3 is 0 Å². The number of nitrogens with one attached hydrogen (secondary N) is 2. The number of H-pyrrole nitrogens is 1. The van der Waals surface area contributed by atoms with Gasteiger partial charge < -0.3 is 10.2 Å². The number of aromatic amines is 1. The van der Waals surface area contributed by atoms with Crippen LogP contribution in [0.4, 0.5) is 0 Å². The lowest BCUT2D eigenvalue weighted by atomic mass is 9.91. The van der Waals surface area contributed by atoms with E-state index in [1.165, 1.54) is 0 Å². The zero-order valence-electron chi connectivity index (χ0n) is 16.5. The van der Waals surface area contributed by atoms with Gasteiger partial charge in [0, 0.05) is 25.0 Å². The van der Waals surface area contributed by atoms with E-state index in [0.29, 0.717) is 32.0 Å². The summed E-state index contributed by atoms with van der Waals surface area (Å²) in [4.78, 5) is 27.1. The molecule has 0 radical (unpaired) electrons. The van der Waals surface area contributed by atoms with Gasteiger partial charge in [0.05, 0.1) is 23.5 Å². The third-order valence-corrected chi connectivity index (χ3v) is 5.72. The first-order chi connectivity index (χ1) is 13.0. The Hall–Kier alpha value is -2.37. The highest BCUT2D eigenvalue weighted by Crippen LogP contribution is 2.51. The molecule has 0 unspecified atom stereocenters. The Kier molecular flexibility index (Phi) is 5.82. The van der Waals surface area contributed by atoms with Crippen LogP contribution in [0.25, 0.3) is 10.9 Å². The molecule has 3 rings (SSSR count). The molecule has 0 spiro atoms. The summed E-state index contributed by atoms with van der Waals surface area (Å²) >= 11 is 0. The third-order valence-electron chi connectivity index (χ3n) is 5.72. The molecule has 1 aromatic heterocycles. The fraction of sp³-hybridized carbons (Fsp3) is 0.571. The van der Waals surface area contributed by atoms with Gasteiger partial charge in [0.25, 0.3) is 0 Å². The van der Waals surface area contributed by atoms with Crippen molar-refractivity contribution < 1.29 is 9.59 Å². The summed E-state index contributed by atoms with van der Waals surface area (Å²) in [6.45, 7) is 8.05. The second-order valence-electron chi connectivity index (χ2n) is 7.92. The normalized spacial score (nSPS) is 15.1. The second kappa shape index (κ2) is 8.11. The molecule has 146 valence electrons. The van der Waals surface area contributed by atoms with E-state index in [-0.39, 0.29) is 17.2 Å². The fourth-order valence-corrected chi connectivity index (χ4v) is 3.70. The maximum atomic E-state index is 12.8. The molecule has 1 saturated carbocycles. The summed E-state index contributed by atoms with van der Waals surface area (Å²) in [5, 5.41) is 11.0. The molecule has 1 fully saturated rings. The largest absolute Gasteiger partial charge is 0.354 e. The summed E-state index contributed by atoms with van der Waals surface area (Å²) in [7, 11) is 0. The van der Waals surface area contributed by atoms with E-state index in [4.69, 9.17) is 0 Å². The van der Waals surface area contributed by atoms with Crippen molar-refractivity contribution in [2.75, 3.05) is 19.6 Å². The monoisotopic (exact) mass is 370 g/mol. The molecule has 1 aliphatic carbocycles. The van der Waals surface area contributed by atoms with Crippen molar-refractivity contribution >= 4 is 22.7 Å². The lowest BCUT2D eigenvalue weighted by Gasteiger charge is -2.24. The Morgan fingerprint density at radius 2 is 2.07 bits per heavy atom. The predicted molar refractivity (Wildman–Crippen MR) is 106 cm³/mol. The molecule has 0 aliphatic heterocycles. The van der Waals surface area contributed by atoms with Crippen LogP contribution < -0.4 is 5.32 Å². The minimum atomic E-state index is -0.167. The molecule has 2 aromatic rings. The molecule has 1 aromatic carbocycles. The number of hydrogen-bond acceptors (Lipinski definition) is 3. The molecule has 1 aliphatic rings. The first-order valence-corrected chi connectivity index (χ1v) is 9.94. The molecular formula is C21H30N4O2. The van der Waals surface area contributed by atoms with Gasteiger partial charge in [-0.1, -0.05) is 26.8 Å². The van der Waals surface area contributed by atoms with Crippen molar-refractivity contribution in [3.8, 4) is 0 Å². The SMILES string of the molecule is CCCN(CCNC(=O)C1(C(C)C)CC1)C(=O)Cc1ccc2[nH]ncc2c1. The maximum absolute atomic E-state index is 12.8. The minimum Gasteiger partial charge on any atom is -0.354 e. The number of hydrogen-bond donors (Lipinski definition) is 2. The fourth-order valence-electron chi connectivity index (χ4n) is 3.70. The van der Waals surface area contributed by atoms with Gasteiger partial charge in [0.1, 0.15) is 0 Å². The lowest BCUT2D eigenvalue weighted by Crippen LogP contribution is -2.42. The number of fused-ring (bicyclic) bond motifs is 1. The summed E-state index contributed by atoms with van der Waals surface area (Å²) in [5.41, 5.74) is 1.79. The summed E-state index contributed by atoms with van der Waals surface area (Å²) in [5.74, 6) is 0.606. The van der Waals surface area contributed by atoms with Crippen LogP contribution in [0.15, 0.2) is 24.4 Å². The van der Waals surface area contributed by atoms with Gasteiger partial charge in [-0.05, 0) is 42.9 Å². The minimum absolute atomic E-state index is 0.0962. The molecule has 1 heterocycles. The van der Waals surface area contributed by atoms with E-state index in [1.807, 2.05) is 23.1 Å². The van der Waals surface area contributed by atoms with Gasteiger partial charge in [0.15, 0.2) is 0 Å². The average Bonchev–Trinajstić information content (AvgIpc) is 3.33. The van der Waals surface area contributed by atoms with E-state index >= 15 is 0 Å². The highest BCUT2D eigenvalue weighted by atomic mass is 16.2. The molecule has 0 atom stereocenters. The average molecular weight is 370 g/mol. The zero-order chi connectivity index (χ0) is 19.4. The highest BCUT2D eigenvalue weighted by molar-refractivity contribution is 5.86. The Morgan fingerprint density at radius 1 is 1.30 bits per heavy atom. The smallest absolute Gasteiger partial charge is 0.227 e. The summed E-state index contributed by atoms with van der Waals surface area (Å²) in [6, 6.07) is 5.92. The zero-order valence-corrected chi connectivity index (χ0v) is 16.5. The van der Waals surface area contributed by atoms with E-state index < -0.39 is 0 Å². The van der Waals surface area contributed by atoms with Crippen LogP contribution in [-0.4, -0.2) is 46.5 Å². The van der Waals surface area contributed by atoms with Crippen molar-refractivity contribution in [3.63, 3.8) is 0 Å². The third kappa shape index (κ3) is 4.31. The Balaban J connectivity index is 1.54. The van der Waals surface area contributed by atoms with Crippen LogP contribution in [0.5, 0.6) is 0 Å². The molecule has 6 heteroatoms. The molecule has 0 bridgehead atoms. The summed E-state index contributed by atoms with van der Waals surface area (Å²) < 4.78 is 0. The van der Waals surface area contributed by atoms with Gasteiger partial charge in [0.2, 0.25) is 11.8 Å². The van der Waals surface area contributed by atoms with E-state index in [1.54, 1.807) is 6.20 Å². The summed E-state index contributed by atoms with van der Waals surface area (Å²) in [6.07, 6.45) is 4.99. The molecule has 27 heavy (non-hydrogen) atoms. The van der Waals surface area contributed by atoms with Crippen LogP contribution in [0.3, 0.4) is 0 Å². The van der Waals surface area contributed by atoms with E-state index in [2.05, 4.69) is 36.3 Å². The number of rotatable bonds is 9. The molecule has 2 N–H and O–H groups in total. The quantitative estimate of drug-likeness (QED) is 0.712. The van der Waals surface area contributed by atoms with Crippen molar-refractivity contribution in [3.05, 3.63) is 30.0 Å². The van der Waals surface area contributed by atoms with Gasteiger partial charge in [-0.2, -0.15) is 5.10 Å². The van der Waals surface area contributed by atoms with Crippen molar-refractivity contribution in [2.45, 2.75) is 46.5 Å². The van der Waals surface area contributed by atoms with Gasteiger partial charge in [-0.15, -0.1) is 0 Å². The molecule has 6 nitrogen and oxygen atoms in total. The van der Waals surface area contributed by atoms with Crippen molar-refractivity contribution in [1.29, 1.82) is 0 Å². The van der Waals surface area contributed by atoms with E-state index in [0.717, 1.165) is 35.7 Å². The first-order valence-electron chi connectivity index (χ1n) is 9.94. The Morgan fingerprint density at radius 3 is 2.74 bits per heavy atom. The highest BCUT2D eigenvalue weighted by Gasteiger charge is 2.51. The number of benzene rings is 1. The van der Waals surface area contributed by atoms with Gasteiger partial charge in [-0.3, -0.25) is 14.7 Å². The van der Waals surface area contributed by atoms with Crippen molar-refractivity contribution in [2.24, 2.45) is 11.3 Å². The van der Waals surface area contributed by atoms with E-state index in [9.17, 15) is 9.59 Å². The molecule has 2 amide bonds. The standard InChI is InChI=1S/C21H30N4O2/c1-4-10-25(11-9-22-20(27)21(7-8-21)15(2)3)19(26)13-16-5-6-18-17(12-16)14-23-24-18/h5-6,12,14-15H,4,7-11,13H2,1-3H3,(H,22,27)(H,23,24). The van der Waals surface area contributed by atoms with Crippen LogP contribution in [-0.2, 0) is 16.0 Å². The van der Waals surface area contributed by atoms with Crippen molar-refractivity contribution in [1.82, 2.24) is 20.4 Å². The maximum Gasteiger partial charge on any atom is 0.227 e. The topological polar surface area (TPSA) is 78.1 Å². The van der Waals surface area contributed by atoms with Crippen LogP contribution in [0.2, 0.25) is 0 Å².